The molecule has 1 aromatic heterocycles. The largest absolute Gasteiger partial charge is 0.473 e. The lowest BCUT2D eigenvalue weighted by atomic mass is 10.1. The fourth-order valence-corrected chi connectivity index (χ4v) is 2.03. The van der Waals surface area contributed by atoms with Crippen LogP contribution in [0.1, 0.15) is 31.5 Å². The third kappa shape index (κ3) is 5.14. The van der Waals surface area contributed by atoms with Crippen LogP contribution in [0.2, 0.25) is 0 Å². The highest BCUT2D eigenvalue weighted by atomic mass is 35.5. The van der Waals surface area contributed by atoms with Crippen LogP contribution < -0.4 is 10.5 Å². The van der Waals surface area contributed by atoms with Crippen molar-refractivity contribution in [2.75, 3.05) is 0 Å². The summed E-state index contributed by atoms with van der Waals surface area (Å²) in [6.45, 7) is 4.84. The number of aryl methyl sites for hydroxylation is 1. The Morgan fingerprint density at radius 1 is 1.12 bits per heavy atom. The summed E-state index contributed by atoms with van der Waals surface area (Å²) in [5, 5.41) is 4.31. The fraction of sp³-hybridized carbons (Fsp3) is 0.438. The molecule has 1 aromatic carbocycles. The summed E-state index contributed by atoms with van der Waals surface area (Å²) in [6, 6.07) is 2.97. The van der Waals surface area contributed by atoms with E-state index in [4.69, 9.17) is 10.5 Å². The number of hydrogen-bond donors (Lipinski definition) is 1. The van der Waals surface area contributed by atoms with Gasteiger partial charge in [0.1, 0.15) is 12.4 Å². The molecule has 0 aliphatic carbocycles. The highest BCUT2D eigenvalue weighted by molar-refractivity contribution is 5.85. The molecule has 2 rings (SSSR count). The number of halogens is 4. The smallest absolute Gasteiger partial charge is 0.212 e. The molecule has 8 heteroatoms. The lowest BCUT2D eigenvalue weighted by molar-refractivity contribution is 0.263. The fourth-order valence-electron chi connectivity index (χ4n) is 2.03. The maximum atomic E-state index is 13.6. The molecule has 2 aromatic rings. The summed E-state index contributed by atoms with van der Waals surface area (Å²) in [4.78, 5) is 0. The van der Waals surface area contributed by atoms with Gasteiger partial charge in [-0.2, -0.15) is 5.10 Å². The van der Waals surface area contributed by atoms with Crippen molar-refractivity contribution in [1.82, 2.24) is 9.78 Å². The summed E-state index contributed by atoms with van der Waals surface area (Å²) < 4.78 is 46.9. The average Bonchev–Trinajstić information content (AvgIpc) is 2.90. The van der Waals surface area contributed by atoms with E-state index in [1.54, 1.807) is 10.7 Å². The molecule has 24 heavy (non-hydrogen) atoms. The Balaban J connectivity index is 0.00000288. The van der Waals surface area contributed by atoms with E-state index >= 15 is 0 Å². The molecule has 134 valence electrons. The minimum absolute atomic E-state index is 0. The van der Waals surface area contributed by atoms with E-state index in [1.165, 1.54) is 0 Å². The van der Waals surface area contributed by atoms with Crippen molar-refractivity contribution in [1.29, 1.82) is 0 Å². The lowest BCUT2D eigenvalue weighted by Gasteiger charge is -2.11. The van der Waals surface area contributed by atoms with Gasteiger partial charge in [0, 0.05) is 30.8 Å². The minimum atomic E-state index is -1.22. The molecule has 0 atom stereocenters. The number of nitrogens with two attached hydrogens (primary N) is 1. The first-order valence-corrected chi connectivity index (χ1v) is 7.43. The molecular weight excluding hydrogens is 343 g/mol. The van der Waals surface area contributed by atoms with Gasteiger partial charge >= 0.3 is 0 Å². The molecule has 0 radical (unpaired) electrons. The highest BCUT2D eigenvalue weighted by Crippen LogP contribution is 2.19. The van der Waals surface area contributed by atoms with Crippen LogP contribution in [0.4, 0.5) is 13.2 Å². The highest BCUT2D eigenvalue weighted by Gasteiger charge is 2.13. The standard InChI is InChI=1S/C16H20F3N3O.ClH/c1-10(2)3-4-22-16(6-12(8-20)21-22)23-9-11-5-14(18)15(19)7-13(11)17;/h5-7,10H,3-4,8-9,20H2,1-2H3;1H. The van der Waals surface area contributed by atoms with Crippen molar-refractivity contribution in [3.05, 3.63) is 46.9 Å². The predicted octanol–water partition coefficient (Wildman–Crippen LogP) is 3.81. The Bertz CT molecular complexity index is 677. The van der Waals surface area contributed by atoms with E-state index < -0.39 is 17.5 Å². The zero-order valence-electron chi connectivity index (χ0n) is 13.6. The van der Waals surface area contributed by atoms with Crippen LogP contribution in [0, 0.1) is 23.4 Å². The number of hydrogen-bond acceptors (Lipinski definition) is 3. The Kier molecular flexibility index (Phi) is 7.57. The third-order valence-corrected chi connectivity index (χ3v) is 3.39. The summed E-state index contributed by atoms with van der Waals surface area (Å²) in [5.41, 5.74) is 6.16. The van der Waals surface area contributed by atoms with E-state index in [-0.39, 0.29) is 31.1 Å². The van der Waals surface area contributed by atoms with Crippen LogP contribution in [-0.4, -0.2) is 9.78 Å². The summed E-state index contributed by atoms with van der Waals surface area (Å²) in [6.07, 6.45) is 0.890. The Morgan fingerprint density at radius 2 is 1.79 bits per heavy atom. The van der Waals surface area contributed by atoms with Gasteiger partial charge in [0.25, 0.3) is 0 Å². The van der Waals surface area contributed by atoms with Gasteiger partial charge in [-0.15, -0.1) is 12.4 Å². The van der Waals surface area contributed by atoms with Crippen LogP contribution in [0.25, 0.3) is 0 Å². The molecule has 0 fully saturated rings. The molecule has 0 unspecified atom stereocenters. The van der Waals surface area contributed by atoms with Gasteiger partial charge in [0.15, 0.2) is 11.6 Å². The van der Waals surface area contributed by atoms with E-state index in [1.807, 2.05) is 0 Å². The van der Waals surface area contributed by atoms with Gasteiger partial charge in [-0.3, -0.25) is 0 Å². The van der Waals surface area contributed by atoms with Gasteiger partial charge in [0.2, 0.25) is 5.88 Å². The molecule has 0 spiro atoms. The number of benzene rings is 1. The Morgan fingerprint density at radius 3 is 2.42 bits per heavy atom. The summed E-state index contributed by atoms with van der Waals surface area (Å²) in [7, 11) is 0. The monoisotopic (exact) mass is 363 g/mol. The first-order chi connectivity index (χ1) is 10.9. The summed E-state index contributed by atoms with van der Waals surface area (Å²) >= 11 is 0. The third-order valence-electron chi connectivity index (χ3n) is 3.39. The number of ether oxygens (including phenoxy) is 1. The van der Waals surface area contributed by atoms with Crippen molar-refractivity contribution in [3.8, 4) is 5.88 Å². The SMILES string of the molecule is CC(C)CCn1nc(CN)cc1OCc1cc(F)c(F)cc1F.Cl. The zero-order valence-corrected chi connectivity index (χ0v) is 14.4. The molecule has 0 aliphatic heterocycles. The molecule has 0 aliphatic rings. The van der Waals surface area contributed by atoms with E-state index in [0.29, 0.717) is 30.1 Å². The molecule has 0 bridgehead atoms. The van der Waals surface area contributed by atoms with E-state index in [0.717, 1.165) is 12.5 Å². The van der Waals surface area contributed by atoms with Crippen molar-refractivity contribution in [2.24, 2.45) is 11.7 Å². The number of rotatable bonds is 7. The van der Waals surface area contributed by atoms with Gasteiger partial charge in [-0.1, -0.05) is 13.8 Å². The maximum Gasteiger partial charge on any atom is 0.212 e. The van der Waals surface area contributed by atoms with E-state index in [2.05, 4.69) is 18.9 Å². The quantitative estimate of drug-likeness (QED) is 0.761. The normalized spacial score (nSPS) is 10.8. The van der Waals surface area contributed by atoms with Crippen molar-refractivity contribution in [2.45, 2.75) is 40.0 Å². The number of aromatic nitrogens is 2. The maximum absolute atomic E-state index is 13.6. The van der Waals surface area contributed by atoms with Crippen LogP contribution in [0.5, 0.6) is 5.88 Å². The van der Waals surface area contributed by atoms with Crippen molar-refractivity contribution in [3.63, 3.8) is 0 Å². The first-order valence-electron chi connectivity index (χ1n) is 7.43. The second kappa shape index (κ2) is 8.94. The van der Waals surface area contributed by atoms with Crippen LogP contribution in [-0.2, 0) is 19.7 Å². The van der Waals surface area contributed by atoms with Gasteiger partial charge < -0.3 is 10.5 Å². The zero-order chi connectivity index (χ0) is 17.0. The van der Waals surface area contributed by atoms with Gasteiger partial charge in [-0.25, -0.2) is 17.9 Å². The van der Waals surface area contributed by atoms with Crippen molar-refractivity contribution < 1.29 is 17.9 Å². The van der Waals surface area contributed by atoms with E-state index in [9.17, 15) is 13.2 Å². The summed E-state index contributed by atoms with van der Waals surface area (Å²) in [5.74, 6) is -2.27. The molecular formula is C16H21ClF3N3O. The molecule has 0 saturated carbocycles. The van der Waals surface area contributed by atoms with Crippen molar-refractivity contribution >= 4 is 12.4 Å². The molecule has 4 nitrogen and oxygen atoms in total. The average molecular weight is 364 g/mol. The Labute approximate surface area is 145 Å². The second-order valence-corrected chi connectivity index (χ2v) is 5.73. The molecule has 2 N–H and O–H groups in total. The molecule has 0 amide bonds. The van der Waals surface area contributed by atoms with Gasteiger partial charge in [-0.05, 0) is 18.4 Å². The predicted molar refractivity (Wildman–Crippen MR) is 87.5 cm³/mol. The number of nitrogens with zero attached hydrogens (tertiary/aromatic N) is 2. The van der Waals surface area contributed by atoms with Crippen LogP contribution >= 0.6 is 12.4 Å². The Hall–Kier alpha value is -1.73. The van der Waals surface area contributed by atoms with Gasteiger partial charge in [0.05, 0.1) is 5.69 Å². The minimum Gasteiger partial charge on any atom is -0.473 e. The topological polar surface area (TPSA) is 53.1 Å². The van der Waals surface area contributed by atoms with Crippen LogP contribution in [0.3, 0.4) is 0 Å². The molecule has 1 heterocycles. The first kappa shape index (κ1) is 20.3. The molecule has 0 saturated heterocycles. The lowest BCUT2D eigenvalue weighted by Crippen LogP contribution is -2.09. The van der Waals surface area contributed by atoms with Crippen LogP contribution in [0.15, 0.2) is 18.2 Å². The second-order valence-electron chi connectivity index (χ2n) is 5.73.